The van der Waals surface area contributed by atoms with Gasteiger partial charge in [-0.3, -0.25) is 4.79 Å². The Labute approximate surface area is 145 Å². The maximum atomic E-state index is 11.4. The van der Waals surface area contributed by atoms with Gasteiger partial charge in [0.25, 0.3) is 0 Å². The van der Waals surface area contributed by atoms with E-state index in [1.54, 1.807) is 0 Å². The Morgan fingerprint density at radius 2 is 1.46 bits per heavy atom. The van der Waals surface area contributed by atoms with E-state index in [1.807, 2.05) is 0 Å². The van der Waals surface area contributed by atoms with Crippen molar-refractivity contribution in [3.63, 3.8) is 0 Å². The summed E-state index contributed by atoms with van der Waals surface area (Å²) in [6, 6.07) is 0. The standard InChI is InChI=1S/C16H35N3O5/c1-2-3-5-18-6-9-22-11-12-23-10-7-19-16(20)15-24-14-13-21-8-4-17/h18H,2-15,17H2,1H3,(H,19,20). The number of amides is 1. The first-order chi connectivity index (χ1) is 11.8. The van der Waals surface area contributed by atoms with E-state index in [-0.39, 0.29) is 12.5 Å². The number of hydrogen-bond donors (Lipinski definition) is 3. The van der Waals surface area contributed by atoms with Crippen LogP contribution < -0.4 is 16.4 Å². The van der Waals surface area contributed by atoms with E-state index in [9.17, 15) is 4.79 Å². The average molecular weight is 349 g/mol. The molecule has 0 unspecified atom stereocenters. The third-order valence-electron chi connectivity index (χ3n) is 2.94. The second kappa shape index (κ2) is 20.3. The number of nitrogens with one attached hydrogen (secondary N) is 2. The van der Waals surface area contributed by atoms with Gasteiger partial charge in [-0.2, -0.15) is 0 Å². The van der Waals surface area contributed by atoms with Crippen molar-refractivity contribution < 1.29 is 23.7 Å². The van der Waals surface area contributed by atoms with Crippen LogP contribution in [0.25, 0.3) is 0 Å². The molecule has 0 aromatic rings. The molecule has 0 rings (SSSR count). The first-order valence-corrected chi connectivity index (χ1v) is 8.79. The van der Waals surface area contributed by atoms with Crippen molar-refractivity contribution in [3.8, 4) is 0 Å². The lowest BCUT2D eigenvalue weighted by Gasteiger charge is -2.08. The van der Waals surface area contributed by atoms with Gasteiger partial charge in [0, 0.05) is 19.6 Å². The summed E-state index contributed by atoms with van der Waals surface area (Å²) in [5, 5.41) is 6.02. The number of nitrogens with two attached hydrogens (primary N) is 1. The molecule has 144 valence electrons. The quantitative estimate of drug-likeness (QED) is 0.271. The topological polar surface area (TPSA) is 104 Å². The molecule has 0 aliphatic heterocycles. The van der Waals surface area contributed by atoms with Crippen LogP contribution in [0, 0.1) is 0 Å². The smallest absolute Gasteiger partial charge is 0.246 e. The van der Waals surface area contributed by atoms with Gasteiger partial charge in [-0.05, 0) is 13.0 Å². The summed E-state index contributed by atoms with van der Waals surface area (Å²) in [5.41, 5.74) is 5.27. The molecule has 1 amide bonds. The fourth-order valence-corrected chi connectivity index (χ4v) is 1.67. The number of ether oxygens (including phenoxy) is 4. The molecule has 0 aliphatic carbocycles. The predicted molar refractivity (Wildman–Crippen MR) is 93.1 cm³/mol. The van der Waals surface area contributed by atoms with E-state index in [2.05, 4.69) is 17.6 Å². The maximum absolute atomic E-state index is 11.4. The van der Waals surface area contributed by atoms with E-state index in [4.69, 9.17) is 24.7 Å². The Morgan fingerprint density at radius 1 is 0.833 bits per heavy atom. The Morgan fingerprint density at radius 3 is 2.12 bits per heavy atom. The Balaban J connectivity index is 3.11. The van der Waals surface area contributed by atoms with Crippen molar-refractivity contribution >= 4 is 5.91 Å². The molecule has 0 fully saturated rings. The van der Waals surface area contributed by atoms with Gasteiger partial charge >= 0.3 is 0 Å². The van der Waals surface area contributed by atoms with Crippen molar-refractivity contribution in [1.82, 2.24) is 10.6 Å². The summed E-state index contributed by atoms with van der Waals surface area (Å²) < 4.78 is 21.1. The highest BCUT2D eigenvalue weighted by atomic mass is 16.5. The Hall–Kier alpha value is -0.770. The van der Waals surface area contributed by atoms with E-state index in [1.165, 1.54) is 12.8 Å². The minimum atomic E-state index is -0.160. The SMILES string of the molecule is CCCCNCCOCCOCCNC(=O)COCCOCCN. The van der Waals surface area contributed by atoms with Crippen molar-refractivity contribution in [3.05, 3.63) is 0 Å². The molecule has 4 N–H and O–H groups in total. The fraction of sp³-hybridized carbons (Fsp3) is 0.938. The minimum Gasteiger partial charge on any atom is -0.378 e. The first-order valence-electron chi connectivity index (χ1n) is 8.79. The summed E-state index contributed by atoms with van der Waals surface area (Å²) in [5.74, 6) is -0.160. The molecule has 0 saturated heterocycles. The number of unbranched alkanes of at least 4 members (excludes halogenated alkanes) is 1. The minimum absolute atomic E-state index is 0.0279. The second-order valence-corrected chi connectivity index (χ2v) is 5.13. The van der Waals surface area contributed by atoms with Crippen LogP contribution in [0.5, 0.6) is 0 Å². The van der Waals surface area contributed by atoms with E-state index < -0.39 is 0 Å². The molecule has 8 nitrogen and oxygen atoms in total. The van der Waals surface area contributed by atoms with Crippen LogP contribution in [0.3, 0.4) is 0 Å². The molecule has 24 heavy (non-hydrogen) atoms. The van der Waals surface area contributed by atoms with E-state index >= 15 is 0 Å². The molecule has 0 bridgehead atoms. The lowest BCUT2D eigenvalue weighted by molar-refractivity contribution is -0.126. The lowest BCUT2D eigenvalue weighted by Crippen LogP contribution is -2.31. The summed E-state index contributed by atoms with van der Waals surface area (Å²) in [6.07, 6.45) is 2.40. The molecule has 0 aliphatic rings. The third-order valence-corrected chi connectivity index (χ3v) is 2.94. The van der Waals surface area contributed by atoms with Gasteiger partial charge in [-0.1, -0.05) is 13.3 Å². The van der Waals surface area contributed by atoms with Crippen LogP contribution in [0.15, 0.2) is 0 Å². The molecule has 0 spiro atoms. The van der Waals surface area contributed by atoms with Crippen LogP contribution in [-0.4, -0.2) is 84.9 Å². The summed E-state index contributed by atoms with van der Waals surface area (Å²) in [6.45, 7) is 8.64. The van der Waals surface area contributed by atoms with E-state index in [0.29, 0.717) is 59.3 Å². The number of carbonyl (C=O) groups is 1. The average Bonchev–Trinajstić information content (AvgIpc) is 2.59. The van der Waals surface area contributed by atoms with Crippen LogP contribution in [0.2, 0.25) is 0 Å². The Bertz CT molecular complexity index is 270. The van der Waals surface area contributed by atoms with Gasteiger partial charge in [-0.15, -0.1) is 0 Å². The highest BCUT2D eigenvalue weighted by Gasteiger charge is 2.00. The first kappa shape index (κ1) is 23.2. The summed E-state index contributed by atoms with van der Waals surface area (Å²) in [7, 11) is 0. The van der Waals surface area contributed by atoms with Gasteiger partial charge in [-0.25, -0.2) is 0 Å². The molecular weight excluding hydrogens is 314 g/mol. The van der Waals surface area contributed by atoms with E-state index in [0.717, 1.165) is 13.1 Å². The van der Waals surface area contributed by atoms with Crippen molar-refractivity contribution in [2.75, 3.05) is 79.0 Å². The zero-order valence-electron chi connectivity index (χ0n) is 15.0. The fourth-order valence-electron chi connectivity index (χ4n) is 1.67. The highest BCUT2D eigenvalue weighted by molar-refractivity contribution is 5.77. The third kappa shape index (κ3) is 19.3. The van der Waals surface area contributed by atoms with Crippen LogP contribution >= 0.6 is 0 Å². The van der Waals surface area contributed by atoms with Gasteiger partial charge in [0.1, 0.15) is 6.61 Å². The number of rotatable bonds is 19. The molecular formula is C16H35N3O5. The second-order valence-electron chi connectivity index (χ2n) is 5.13. The van der Waals surface area contributed by atoms with Crippen molar-refractivity contribution in [2.24, 2.45) is 5.73 Å². The zero-order valence-corrected chi connectivity index (χ0v) is 15.0. The predicted octanol–water partition coefficient (Wildman–Crippen LogP) is -0.483. The molecule has 0 saturated carbocycles. The monoisotopic (exact) mass is 349 g/mol. The summed E-state index contributed by atoms with van der Waals surface area (Å²) >= 11 is 0. The molecule has 0 radical (unpaired) electrons. The summed E-state index contributed by atoms with van der Waals surface area (Å²) in [4.78, 5) is 11.4. The molecule has 0 aromatic heterocycles. The van der Waals surface area contributed by atoms with Crippen LogP contribution in [0.4, 0.5) is 0 Å². The molecule has 0 aromatic carbocycles. The molecule has 0 atom stereocenters. The van der Waals surface area contributed by atoms with Gasteiger partial charge in [0.05, 0.1) is 46.2 Å². The van der Waals surface area contributed by atoms with Gasteiger partial charge in [0.2, 0.25) is 5.91 Å². The van der Waals surface area contributed by atoms with Gasteiger partial charge in [0.15, 0.2) is 0 Å². The van der Waals surface area contributed by atoms with Crippen molar-refractivity contribution in [1.29, 1.82) is 0 Å². The molecule has 0 heterocycles. The maximum Gasteiger partial charge on any atom is 0.246 e. The zero-order chi connectivity index (χ0) is 17.7. The normalized spacial score (nSPS) is 10.9. The van der Waals surface area contributed by atoms with Gasteiger partial charge < -0.3 is 35.3 Å². The molecule has 8 heteroatoms. The van der Waals surface area contributed by atoms with Crippen LogP contribution in [0.1, 0.15) is 19.8 Å². The Kier molecular flexibility index (Phi) is 19.6. The lowest BCUT2D eigenvalue weighted by atomic mass is 10.3. The number of carbonyl (C=O) groups excluding carboxylic acids is 1. The van der Waals surface area contributed by atoms with Crippen LogP contribution in [-0.2, 0) is 23.7 Å². The highest BCUT2D eigenvalue weighted by Crippen LogP contribution is 1.83. The van der Waals surface area contributed by atoms with Crippen molar-refractivity contribution in [2.45, 2.75) is 19.8 Å². The number of hydrogen-bond acceptors (Lipinski definition) is 7. The largest absolute Gasteiger partial charge is 0.378 e.